The van der Waals surface area contributed by atoms with E-state index in [1.165, 1.54) is 19.3 Å². The molecule has 1 aromatic heterocycles. The van der Waals surface area contributed by atoms with Gasteiger partial charge >= 0.3 is 0 Å². The number of nitrogens with one attached hydrogen (secondary N) is 2. The summed E-state index contributed by atoms with van der Waals surface area (Å²) in [7, 11) is 0. The fourth-order valence-corrected chi connectivity index (χ4v) is 9.82. The second-order valence-electron chi connectivity index (χ2n) is 14.5. The van der Waals surface area contributed by atoms with Crippen LogP contribution in [0.25, 0.3) is 0 Å². The summed E-state index contributed by atoms with van der Waals surface area (Å²) < 4.78 is 37.3. The molecule has 11 atom stereocenters. The van der Waals surface area contributed by atoms with Crippen LogP contribution in [0.5, 0.6) is 0 Å². The van der Waals surface area contributed by atoms with Crippen molar-refractivity contribution < 1.29 is 28.2 Å². The number of alkyl halides is 1. The van der Waals surface area contributed by atoms with Gasteiger partial charge in [0, 0.05) is 63.8 Å². The lowest BCUT2D eigenvalue weighted by Gasteiger charge is -2.60. The molecule has 5 heterocycles. The van der Waals surface area contributed by atoms with Gasteiger partial charge in [-0.25, -0.2) is 9.37 Å². The summed E-state index contributed by atoms with van der Waals surface area (Å²) >= 11 is 0. The molecule has 3 saturated heterocycles. The molecular weight excluding hydrogens is 591 g/mol. The van der Waals surface area contributed by atoms with Crippen molar-refractivity contribution >= 4 is 11.7 Å². The Balaban J connectivity index is 1.03. The van der Waals surface area contributed by atoms with Crippen molar-refractivity contribution in [3.8, 4) is 0 Å². The second kappa shape index (κ2) is 13.3. The highest BCUT2D eigenvalue weighted by molar-refractivity contribution is 6.20. The van der Waals surface area contributed by atoms with Crippen LogP contribution in [0.3, 0.4) is 0 Å². The van der Waals surface area contributed by atoms with Gasteiger partial charge in [-0.3, -0.25) is 14.5 Å². The van der Waals surface area contributed by atoms with E-state index >= 15 is 4.39 Å². The summed E-state index contributed by atoms with van der Waals surface area (Å²) in [5, 5.41) is 6.51. The van der Waals surface area contributed by atoms with Crippen molar-refractivity contribution in [3.05, 3.63) is 30.5 Å². The summed E-state index contributed by atoms with van der Waals surface area (Å²) in [5.41, 5.74) is 0.150. The number of Topliss-reactive ketones (excluding diaryl/α,β-unsaturated/α-hetero) is 1. The molecule has 0 aromatic carbocycles. The molecule has 46 heavy (non-hydrogen) atoms. The number of fused-ring (bicyclic) bond motifs is 5. The number of ether oxygens (including phenoxy) is 3. The van der Waals surface area contributed by atoms with Gasteiger partial charge in [-0.15, -0.1) is 0 Å². The van der Waals surface area contributed by atoms with Gasteiger partial charge in [0.25, 0.3) is 5.91 Å². The number of rotatable bonds is 9. The van der Waals surface area contributed by atoms with Crippen molar-refractivity contribution in [2.24, 2.45) is 17.8 Å². The molecule has 4 aliphatic heterocycles. The van der Waals surface area contributed by atoms with E-state index in [0.717, 1.165) is 58.7 Å². The van der Waals surface area contributed by atoms with Crippen molar-refractivity contribution in [2.75, 3.05) is 45.9 Å². The number of carbonyl (C=O) groups excluding carboxylic acids is 2. The fraction of sp³-hybridized carbons (Fsp3) is 0.794. The van der Waals surface area contributed by atoms with Crippen LogP contribution in [0.2, 0.25) is 0 Å². The summed E-state index contributed by atoms with van der Waals surface area (Å²) in [6.45, 7) is 5.85. The smallest absolute Gasteiger partial charge is 0.256 e. The Labute approximate surface area is 270 Å². The lowest BCUT2D eigenvalue weighted by molar-refractivity contribution is -0.209. The zero-order valence-electron chi connectivity index (χ0n) is 26.7. The Hall–Kier alpha value is -2.38. The molecular formula is C34H49FN6O5. The highest BCUT2D eigenvalue weighted by atomic mass is 19.1. The van der Waals surface area contributed by atoms with Gasteiger partial charge in [0.05, 0.1) is 67.7 Å². The normalized spacial score (nSPS) is 40.4. The van der Waals surface area contributed by atoms with Gasteiger partial charge in [0.1, 0.15) is 6.17 Å². The summed E-state index contributed by atoms with van der Waals surface area (Å²) in [5.74, 6) is -0.234. The van der Waals surface area contributed by atoms with Gasteiger partial charge in [-0.1, -0.05) is 12.8 Å². The Morgan fingerprint density at radius 2 is 1.87 bits per heavy atom. The average molecular weight is 641 g/mol. The first-order chi connectivity index (χ1) is 22.5. The third-order valence-electron chi connectivity index (χ3n) is 12.0. The maximum Gasteiger partial charge on any atom is 0.256 e. The fourth-order valence-electron chi connectivity index (χ4n) is 9.82. The maximum absolute atomic E-state index is 16.2. The summed E-state index contributed by atoms with van der Waals surface area (Å²) in [4.78, 5) is 36.2. The van der Waals surface area contributed by atoms with Crippen molar-refractivity contribution in [1.82, 2.24) is 30.0 Å². The molecule has 11 unspecified atom stereocenters. The number of amides is 1. The number of morpholine rings is 2. The molecule has 2 N–H and O–H groups in total. The van der Waals surface area contributed by atoms with Crippen molar-refractivity contribution in [3.63, 3.8) is 0 Å². The van der Waals surface area contributed by atoms with Gasteiger partial charge in [0.15, 0.2) is 5.78 Å². The van der Waals surface area contributed by atoms with E-state index in [-0.39, 0.29) is 48.0 Å². The molecule has 12 heteroatoms. The molecule has 0 spiro atoms. The molecule has 1 aromatic rings. The number of hydrogen-bond acceptors (Lipinski definition) is 9. The van der Waals surface area contributed by atoms with Gasteiger partial charge in [0.2, 0.25) is 0 Å². The monoisotopic (exact) mass is 640 g/mol. The largest absolute Gasteiger partial charge is 0.379 e. The topological polar surface area (TPSA) is 110 Å². The van der Waals surface area contributed by atoms with E-state index in [1.807, 2.05) is 17.0 Å². The Morgan fingerprint density at radius 1 is 1.00 bits per heavy atom. The minimum Gasteiger partial charge on any atom is -0.379 e. The van der Waals surface area contributed by atoms with E-state index in [1.54, 1.807) is 12.5 Å². The zero-order valence-corrected chi connectivity index (χ0v) is 26.7. The van der Waals surface area contributed by atoms with E-state index in [2.05, 4.69) is 25.4 Å². The quantitative estimate of drug-likeness (QED) is 0.308. The molecule has 3 saturated carbocycles. The summed E-state index contributed by atoms with van der Waals surface area (Å²) in [6, 6.07) is -0.822. The van der Waals surface area contributed by atoms with Crippen molar-refractivity contribution in [2.45, 2.75) is 107 Å². The first-order valence-electron chi connectivity index (χ1n) is 17.8. The number of aryl methyl sites for hydroxylation is 1. The third kappa shape index (κ3) is 5.82. The Morgan fingerprint density at radius 3 is 2.72 bits per heavy atom. The van der Waals surface area contributed by atoms with Crippen LogP contribution in [-0.4, -0.2) is 126 Å². The van der Waals surface area contributed by atoms with Gasteiger partial charge < -0.3 is 34.3 Å². The van der Waals surface area contributed by atoms with Crippen LogP contribution in [0.4, 0.5) is 4.39 Å². The average Bonchev–Trinajstić information content (AvgIpc) is 3.72. The molecule has 0 radical (unpaired) electrons. The number of aromatic nitrogens is 2. The second-order valence-corrected chi connectivity index (χ2v) is 14.5. The number of ketones is 1. The number of halogens is 1. The lowest BCUT2D eigenvalue weighted by Crippen LogP contribution is -2.73. The van der Waals surface area contributed by atoms with E-state index in [4.69, 9.17) is 14.2 Å². The number of carbonyl (C=O) groups is 2. The SMILES string of the molecule is O=C(NCCCn1ccnc1)C1=CN2C3CC4OC5CCCCC5C4CC3OC3C(NCCN4CCOCC4)C(F)CC(C1=O)C32. The predicted molar refractivity (Wildman–Crippen MR) is 166 cm³/mol. The standard InChI is InChI=1S/C34H49FN6O5/c35-25-16-23-31-33(30(25)37-8-11-39-12-14-44-15-13-39)46-29-17-22-21-4-1-2-5-27(21)45-28(22)18-26(29)41(31)19-24(32(23)42)34(43)38-6-3-9-40-10-7-36-20-40/h7,10,19-23,25-31,33,37H,1-6,8-9,11-18H2,(H,38,43). The molecule has 6 fully saturated rings. The number of nitrogens with zero attached hydrogens (tertiary/aromatic N) is 4. The van der Waals surface area contributed by atoms with Crippen LogP contribution in [0.15, 0.2) is 30.5 Å². The van der Waals surface area contributed by atoms with Crippen molar-refractivity contribution in [1.29, 1.82) is 0 Å². The highest BCUT2D eigenvalue weighted by Crippen LogP contribution is 2.52. The zero-order chi connectivity index (χ0) is 31.2. The minimum absolute atomic E-state index is 0.00699. The number of imidazole rings is 1. The molecule has 3 aliphatic carbocycles. The first kappa shape index (κ1) is 30.9. The minimum atomic E-state index is -1.25. The predicted octanol–water partition coefficient (Wildman–Crippen LogP) is 1.68. The van der Waals surface area contributed by atoms with Crippen LogP contribution >= 0.6 is 0 Å². The first-order valence-corrected chi connectivity index (χ1v) is 17.8. The summed E-state index contributed by atoms with van der Waals surface area (Å²) in [6.07, 6.45) is 13.2. The van der Waals surface area contributed by atoms with Gasteiger partial charge in [-0.05, 0) is 50.4 Å². The van der Waals surface area contributed by atoms with Gasteiger partial charge in [-0.2, -0.15) is 0 Å². The number of hydrogen-bond donors (Lipinski definition) is 2. The molecule has 1 amide bonds. The molecule has 252 valence electrons. The van der Waals surface area contributed by atoms with E-state index in [0.29, 0.717) is 37.5 Å². The maximum atomic E-state index is 16.2. The van der Waals surface area contributed by atoms with E-state index in [9.17, 15) is 9.59 Å². The van der Waals surface area contributed by atoms with Crippen LogP contribution in [0, 0.1) is 17.8 Å². The molecule has 0 bridgehead atoms. The van der Waals surface area contributed by atoms with E-state index < -0.39 is 24.2 Å². The van der Waals surface area contributed by atoms with Crippen LogP contribution < -0.4 is 10.6 Å². The van der Waals surface area contributed by atoms with Crippen LogP contribution in [0.1, 0.15) is 51.4 Å². The molecule has 7 aliphatic rings. The third-order valence-corrected chi connectivity index (χ3v) is 12.0. The molecule has 8 rings (SSSR count). The van der Waals surface area contributed by atoms with Crippen LogP contribution in [-0.2, 0) is 30.3 Å². The Bertz CT molecular complexity index is 1270. The Kier molecular flexibility index (Phi) is 8.91. The molecule has 11 nitrogen and oxygen atoms in total. The highest BCUT2D eigenvalue weighted by Gasteiger charge is 2.61. The lowest BCUT2D eigenvalue weighted by atomic mass is 9.67.